The Bertz CT molecular complexity index is 1860. The van der Waals surface area contributed by atoms with Crippen LogP contribution in [0.4, 0.5) is 0 Å². The third-order valence-electron chi connectivity index (χ3n) is 7.40. The molecule has 198 valence electrons. The molecule has 3 aromatic carbocycles. The van der Waals surface area contributed by atoms with Crippen molar-refractivity contribution in [1.29, 1.82) is 0 Å². The van der Waals surface area contributed by atoms with Gasteiger partial charge in [0.25, 0.3) is 0 Å². The molecule has 0 spiro atoms. The molecule has 0 aliphatic carbocycles. The summed E-state index contributed by atoms with van der Waals surface area (Å²) in [4.78, 5) is 10.1. The van der Waals surface area contributed by atoms with Gasteiger partial charge >= 0.3 is 0 Å². The summed E-state index contributed by atoms with van der Waals surface area (Å²) >= 11 is 1.75. The van der Waals surface area contributed by atoms with Crippen LogP contribution in [-0.2, 0) is 11.8 Å². The minimum Gasteiger partial charge on any atom is -0.453 e. The molecule has 0 amide bonds. The van der Waals surface area contributed by atoms with Crippen LogP contribution in [0.2, 0.25) is 0 Å². The van der Waals surface area contributed by atoms with Gasteiger partial charge in [0.1, 0.15) is 11.1 Å². The molecular formula is C35H36N2OS. The quantitative estimate of drug-likeness (QED) is 0.227. The lowest BCUT2D eigenvalue weighted by Gasteiger charge is -2.22. The zero-order valence-corrected chi connectivity index (χ0v) is 25.0. The van der Waals surface area contributed by atoms with E-state index in [1.54, 1.807) is 11.3 Å². The van der Waals surface area contributed by atoms with Crippen LogP contribution in [0.25, 0.3) is 54.5 Å². The Labute approximate surface area is 234 Å². The highest BCUT2D eigenvalue weighted by molar-refractivity contribution is 7.18. The third-order valence-corrected chi connectivity index (χ3v) is 8.85. The lowest BCUT2D eigenvalue weighted by Crippen LogP contribution is -2.11. The third kappa shape index (κ3) is 4.55. The van der Waals surface area contributed by atoms with E-state index >= 15 is 0 Å². The first-order valence-electron chi connectivity index (χ1n) is 13.7. The molecule has 0 aliphatic rings. The van der Waals surface area contributed by atoms with Gasteiger partial charge in [-0.25, -0.2) is 4.98 Å². The number of para-hydroxylation sites is 1. The Morgan fingerprint density at radius 1 is 0.795 bits per heavy atom. The van der Waals surface area contributed by atoms with Gasteiger partial charge in [0.15, 0.2) is 5.58 Å². The van der Waals surface area contributed by atoms with Crippen LogP contribution in [0.5, 0.6) is 0 Å². The van der Waals surface area contributed by atoms with E-state index in [0.29, 0.717) is 0 Å². The first-order chi connectivity index (χ1) is 18.4. The van der Waals surface area contributed by atoms with Gasteiger partial charge in [0.05, 0.1) is 15.4 Å². The molecule has 3 heterocycles. The highest BCUT2D eigenvalue weighted by Gasteiger charge is 2.23. The van der Waals surface area contributed by atoms with E-state index in [4.69, 9.17) is 14.4 Å². The molecule has 0 N–H and O–H groups in total. The molecule has 0 saturated heterocycles. The van der Waals surface area contributed by atoms with E-state index in [0.717, 1.165) is 54.8 Å². The SMILES string of the molecule is Cc1cccc(C)c1-c1cc(-c2cccc3c2oc2c3ccc3sc(C(C)(C)C)nc32)ncc1CC(C)(C)C. The molecule has 0 fully saturated rings. The number of furan rings is 1. The van der Waals surface area contributed by atoms with Gasteiger partial charge in [0, 0.05) is 27.9 Å². The summed E-state index contributed by atoms with van der Waals surface area (Å²) in [5.41, 5.74) is 11.2. The van der Waals surface area contributed by atoms with Gasteiger partial charge in [-0.05, 0) is 77.8 Å². The Morgan fingerprint density at radius 3 is 2.18 bits per heavy atom. The fraction of sp³-hybridized carbons (Fsp3) is 0.314. The number of rotatable bonds is 3. The first-order valence-corrected chi connectivity index (χ1v) is 14.5. The maximum Gasteiger partial charge on any atom is 0.162 e. The van der Waals surface area contributed by atoms with Gasteiger partial charge in [-0.3, -0.25) is 4.98 Å². The molecule has 6 rings (SSSR count). The minimum atomic E-state index is -0.00396. The molecule has 0 bridgehead atoms. The number of hydrogen-bond acceptors (Lipinski definition) is 4. The van der Waals surface area contributed by atoms with Crippen LogP contribution in [0.3, 0.4) is 0 Å². The topological polar surface area (TPSA) is 38.9 Å². The van der Waals surface area contributed by atoms with Crippen LogP contribution < -0.4 is 0 Å². The summed E-state index contributed by atoms with van der Waals surface area (Å²) in [6, 6.07) is 19.6. The lowest BCUT2D eigenvalue weighted by atomic mass is 9.83. The van der Waals surface area contributed by atoms with Crippen LogP contribution in [0, 0.1) is 19.3 Å². The summed E-state index contributed by atoms with van der Waals surface area (Å²) < 4.78 is 7.85. The monoisotopic (exact) mass is 532 g/mol. The molecule has 6 aromatic rings. The predicted molar refractivity (Wildman–Crippen MR) is 167 cm³/mol. The number of aromatic nitrogens is 2. The maximum atomic E-state index is 6.69. The van der Waals surface area contributed by atoms with Crippen molar-refractivity contribution in [2.45, 2.75) is 67.2 Å². The predicted octanol–water partition coefficient (Wildman–Crippen LogP) is 10.4. The lowest BCUT2D eigenvalue weighted by molar-refractivity contribution is 0.411. The fourth-order valence-electron chi connectivity index (χ4n) is 5.58. The Morgan fingerprint density at radius 2 is 1.49 bits per heavy atom. The van der Waals surface area contributed by atoms with Crippen molar-refractivity contribution in [2.24, 2.45) is 5.41 Å². The van der Waals surface area contributed by atoms with Crippen LogP contribution in [0.1, 0.15) is 63.2 Å². The molecule has 0 aliphatic heterocycles. The van der Waals surface area contributed by atoms with Crippen molar-refractivity contribution in [3.63, 3.8) is 0 Å². The number of hydrogen-bond donors (Lipinski definition) is 0. The van der Waals surface area contributed by atoms with Crippen LogP contribution >= 0.6 is 11.3 Å². The summed E-state index contributed by atoms with van der Waals surface area (Å²) in [6.45, 7) is 17.9. The second-order valence-corrected chi connectivity index (χ2v) is 14.1. The van der Waals surface area contributed by atoms with Crippen LogP contribution in [0.15, 0.2) is 65.2 Å². The number of aryl methyl sites for hydroxylation is 2. The van der Waals surface area contributed by atoms with Crippen LogP contribution in [-0.4, -0.2) is 9.97 Å². The van der Waals surface area contributed by atoms with E-state index in [9.17, 15) is 0 Å². The zero-order valence-electron chi connectivity index (χ0n) is 24.2. The highest BCUT2D eigenvalue weighted by atomic mass is 32.1. The number of benzene rings is 3. The molecule has 3 nitrogen and oxygen atoms in total. The number of fused-ring (bicyclic) bond motifs is 5. The van der Waals surface area contributed by atoms with Crippen molar-refractivity contribution in [2.75, 3.05) is 0 Å². The van der Waals surface area contributed by atoms with E-state index < -0.39 is 0 Å². The first kappa shape index (κ1) is 25.8. The van der Waals surface area contributed by atoms with E-state index in [1.807, 2.05) is 0 Å². The van der Waals surface area contributed by atoms with Gasteiger partial charge in [0.2, 0.25) is 0 Å². The van der Waals surface area contributed by atoms with Gasteiger partial charge in [-0.1, -0.05) is 71.9 Å². The molecule has 39 heavy (non-hydrogen) atoms. The highest BCUT2D eigenvalue weighted by Crippen LogP contribution is 2.42. The van der Waals surface area contributed by atoms with E-state index in [1.165, 1.54) is 27.8 Å². The maximum absolute atomic E-state index is 6.69. The minimum absolute atomic E-state index is 0.00396. The van der Waals surface area contributed by atoms with Crippen molar-refractivity contribution in [3.05, 3.63) is 82.5 Å². The normalized spacial score (nSPS) is 12.7. The average Bonchev–Trinajstić information content (AvgIpc) is 3.45. The zero-order chi connectivity index (χ0) is 27.7. The van der Waals surface area contributed by atoms with Gasteiger partial charge < -0.3 is 4.42 Å². The second kappa shape index (κ2) is 9.02. The molecular weight excluding hydrogens is 496 g/mol. The molecule has 3 aromatic heterocycles. The molecule has 0 radical (unpaired) electrons. The fourth-order valence-corrected chi connectivity index (χ4v) is 6.61. The second-order valence-electron chi connectivity index (χ2n) is 13.1. The smallest absolute Gasteiger partial charge is 0.162 e. The van der Waals surface area contributed by atoms with Gasteiger partial charge in [-0.15, -0.1) is 11.3 Å². The summed E-state index contributed by atoms with van der Waals surface area (Å²) in [7, 11) is 0. The summed E-state index contributed by atoms with van der Waals surface area (Å²) in [6.07, 6.45) is 3.04. The molecule has 0 saturated carbocycles. The van der Waals surface area contributed by atoms with E-state index in [2.05, 4.69) is 116 Å². The summed E-state index contributed by atoms with van der Waals surface area (Å²) in [5.74, 6) is 0. The van der Waals surface area contributed by atoms with Crippen molar-refractivity contribution in [1.82, 2.24) is 9.97 Å². The largest absolute Gasteiger partial charge is 0.453 e. The number of thiazole rings is 1. The van der Waals surface area contributed by atoms with E-state index in [-0.39, 0.29) is 10.8 Å². The summed E-state index contributed by atoms with van der Waals surface area (Å²) in [5, 5.41) is 3.33. The molecule has 0 atom stereocenters. The van der Waals surface area contributed by atoms with Gasteiger partial charge in [-0.2, -0.15) is 0 Å². The molecule has 4 heteroatoms. The van der Waals surface area contributed by atoms with Crippen molar-refractivity contribution >= 4 is 43.5 Å². The molecule has 0 unspecified atom stereocenters. The van der Waals surface area contributed by atoms with Crippen molar-refractivity contribution in [3.8, 4) is 22.4 Å². The Balaban J connectivity index is 1.59. The standard InChI is InChI=1S/C35H36N2OS/c1-20-11-9-12-21(2)29(20)26-17-27(36-19-22(26)18-34(3,4)5)25-14-10-13-23-24-15-16-28-30(32(24)38-31(23)25)37-33(39-28)35(6,7)8/h9-17,19H,18H2,1-8H3. The number of pyridine rings is 1. The number of nitrogens with zero attached hydrogens (tertiary/aromatic N) is 2. The Hall–Kier alpha value is -3.50. The van der Waals surface area contributed by atoms with Crippen molar-refractivity contribution < 1.29 is 4.42 Å². The average molecular weight is 533 g/mol. The Kier molecular flexibility index (Phi) is 5.96.